The van der Waals surface area contributed by atoms with Crippen molar-refractivity contribution >= 4 is 46.2 Å². The number of amides is 6. The summed E-state index contributed by atoms with van der Waals surface area (Å²) in [5.74, 6) is -2.87. The number of imide groups is 2. The average molecular weight is 617 g/mol. The van der Waals surface area contributed by atoms with Crippen molar-refractivity contribution < 1.29 is 28.8 Å². The van der Waals surface area contributed by atoms with Crippen LogP contribution in [0.4, 0.5) is 0 Å². The van der Waals surface area contributed by atoms with Gasteiger partial charge in [-0.25, -0.2) is 0 Å². The predicted octanol–water partition coefficient (Wildman–Crippen LogP) is 3.76. The van der Waals surface area contributed by atoms with E-state index in [0.717, 1.165) is 22.4 Å². The van der Waals surface area contributed by atoms with E-state index < -0.39 is 35.6 Å². The Kier molecular flexibility index (Phi) is 8.43. The summed E-state index contributed by atoms with van der Waals surface area (Å²) in [6, 6.07) is 25.2. The van der Waals surface area contributed by atoms with E-state index in [1.165, 1.54) is 34.5 Å². The van der Waals surface area contributed by atoms with Crippen LogP contribution in [-0.4, -0.2) is 57.8 Å². The van der Waals surface area contributed by atoms with Crippen molar-refractivity contribution in [3.8, 4) is 0 Å². The molecule has 6 rings (SSSR count). The lowest BCUT2D eigenvalue weighted by atomic mass is 10.0. The lowest BCUT2D eigenvalue weighted by molar-refractivity contribution is -0.136. The Balaban J connectivity index is 1.05. The summed E-state index contributed by atoms with van der Waals surface area (Å²) in [5.41, 5.74) is 3.36. The van der Waals surface area contributed by atoms with Crippen molar-refractivity contribution in [2.24, 2.45) is 0 Å². The van der Waals surface area contributed by atoms with Crippen LogP contribution < -0.4 is 10.6 Å². The highest BCUT2D eigenvalue weighted by molar-refractivity contribution is 6.24. The fourth-order valence-corrected chi connectivity index (χ4v) is 5.99. The molecule has 10 heteroatoms. The number of benzene rings is 4. The smallest absolute Gasteiger partial charge is 0.262 e. The van der Waals surface area contributed by atoms with Gasteiger partial charge in [-0.05, 0) is 58.5 Å². The van der Waals surface area contributed by atoms with E-state index in [1.807, 2.05) is 47.4 Å². The first-order valence-corrected chi connectivity index (χ1v) is 15.1. The first kappa shape index (κ1) is 30.4. The number of hydrogen-bond donors (Lipinski definition) is 2. The molecular formula is C36H32N4O6. The van der Waals surface area contributed by atoms with Crippen molar-refractivity contribution in [1.82, 2.24) is 20.4 Å². The quantitative estimate of drug-likeness (QED) is 0.275. The maximum absolute atomic E-state index is 13.1. The van der Waals surface area contributed by atoms with E-state index in [2.05, 4.69) is 34.9 Å². The zero-order chi connectivity index (χ0) is 32.4. The van der Waals surface area contributed by atoms with Crippen molar-refractivity contribution in [3.05, 3.63) is 118 Å². The molecule has 6 amide bonds. The molecule has 4 aromatic carbocycles. The van der Waals surface area contributed by atoms with E-state index in [9.17, 15) is 28.8 Å². The summed E-state index contributed by atoms with van der Waals surface area (Å²) >= 11 is 0. The van der Waals surface area contributed by atoms with E-state index in [0.29, 0.717) is 13.1 Å². The second-order valence-electron chi connectivity index (χ2n) is 11.5. The van der Waals surface area contributed by atoms with Crippen LogP contribution in [0.2, 0.25) is 0 Å². The van der Waals surface area contributed by atoms with Crippen LogP contribution >= 0.6 is 0 Å². The van der Waals surface area contributed by atoms with Crippen LogP contribution in [0, 0.1) is 0 Å². The third-order valence-corrected chi connectivity index (χ3v) is 8.53. The van der Waals surface area contributed by atoms with Crippen molar-refractivity contribution in [1.29, 1.82) is 0 Å². The molecule has 0 aliphatic carbocycles. The lowest BCUT2D eigenvalue weighted by Gasteiger charge is -2.27. The minimum Gasteiger partial charge on any atom is -0.348 e. The van der Waals surface area contributed by atoms with E-state index >= 15 is 0 Å². The summed E-state index contributed by atoms with van der Waals surface area (Å²) in [6.45, 7) is 2.84. The fourth-order valence-electron chi connectivity index (χ4n) is 5.99. The van der Waals surface area contributed by atoms with Gasteiger partial charge in [-0.1, -0.05) is 66.7 Å². The molecule has 232 valence electrons. The molecule has 1 saturated heterocycles. The van der Waals surface area contributed by atoms with Gasteiger partial charge in [0.1, 0.15) is 6.04 Å². The Hall–Kier alpha value is -5.64. The molecule has 46 heavy (non-hydrogen) atoms. The summed E-state index contributed by atoms with van der Waals surface area (Å²) < 4.78 is 0. The maximum Gasteiger partial charge on any atom is 0.262 e. The zero-order valence-corrected chi connectivity index (χ0v) is 25.2. The monoisotopic (exact) mass is 616 g/mol. The largest absolute Gasteiger partial charge is 0.348 e. The van der Waals surface area contributed by atoms with E-state index in [1.54, 1.807) is 6.92 Å². The van der Waals surface area contributed by atoms with Crippen molar-refractivity contribution in [3.63, 3.8) is 0 Å². The minimum absolute atomic E-state index is 0.00802. The number of carbonyl (C=O) groups excluding carboxylic acids is 6. The summed E-state index contributed by atoms with van der Waals surface area (Å²) in [5, 5.41) is 7.36. The summed E-state index contributed by atoms with van der Waals surface area (Å²) in [4.78, 5) is 77.9. The molecule has 2 heterocycles. The standard InChI is InChI=1S/C36H32N4O6/c1-22(41)39(18-17-26-7-4-6-25-5-2-3-8-28(25)26)21-24-11-9-23(10-12-24)20-37-33(43)27-13-14-29-30(19-27)36(46)40(35(29)45)31-15-16-32(42)38-34(31)44/h2-14,19,31H,15-18,20-21H2,1H3,(H,37,43)(H,38,42,44). The molecule has 0 bridgehead atoms. The number of hydrogen-bond acceptors (Lipinski definition) is 6. The first-order valence-electron chi connectivity index (χ1n) is 15.1. The zero-order valence-electron chi connectivity index (χ0n) is 25.2. The number of piperidine rings is 1. The number of nitrogens with zero attached hydrogens (tertiary/aromatic N) is 2. The SMILES string of the molecule is CC(=O)N(CCc1cccc2ccccc12)Cc1ccc(CNC(=O)c2ccc3c(c2)C(=O)N(C2CCC(=O)NC2=O)C3=O)cc1. The van der Waals surface area contributed by atoms with Crippen LogP contribution in [-0.2, 0) is 33.9 Å². The van der Waals surface area contributed by atoms with Gasteiger partial charge in [0.05, 0.1) is 11.1 Å². The topological polar surface area (TPSA) is 133 Å². The molecule has 4 aromatic rings. The maximum atomic E-state index is 13.1. The number of rotatable bonds is 9. The Bertz CT molecular complexity index is 1900. The Morgan fingerprint density at radius 1 is 0.870 bits per heavy atom. The predicted molar refractivity (Wildman–Crippen MR) is 169 cm³/mol. The van der Waals surface area contributed by atoms with Crippen LogP contribution in [0.15, 0.2) is 84.9 Å². The molecule has 1 fully saturated rings. The Labute approximate surface area is 265 Å². The average Bonchev–Trinajstić information content (AvgIpc) is 3.30. The van der Waals surface area contributed by atoms with Gasteiger partial charge in [-0.2, -0.15) is 0 Å². The van der Waals surface area contributed by atoms with E-state index in [-0.39, 0.29) is 42.0 Å². The molecule has 0 spiro atoms. The molecule has 1 unspecified atom stereocenters. The van der Waals surface area contributed by atoms with Crippen LogP contribution in [0.1, 0.15) is 67.5 Å². The van der Waals surface area contributed by atoms with Gasteiger partial charge in [0.25, 0.3) is 17.7 Å². The van der Waals surface area contributed by atoms with Crippen LogP contribution in [0.25, 0.3) is 10.8 Å². The third kappa shape index (κ3) is 6.14. The fraction of sp³-hybridized carbons (Fsp3) is 0.222. The van der Waals surface area contributed by atoms with Gasteiger partial charge in [-0.15, -0.1) is 0 Å². The highest BCUT2D eigenvalue weighted by Crippen LogP contribution is 2.28. The molecule has 10 nitrogen and oxygen atoms in total. The molecular weight excluding hydrogens is 584 g/mol. The number of nitrogens with one attached hydrogen (secondary N) is 2. The van der Waals surface area contributed by atoms with E-state index in [4.69, 9.17) is 0 Å². The van der Waals surface area contributed by atoms with Gasteiger partial charge >= 0.3 is 0 Å². The highest BCUT2D eigenvalue weighted by Gasteiger charge is 2.44. The van der Waals surface area contributed by atoms with Crippen molar-refractivity contribution in [2.75, 3.05) is 6.54 Å². The molecule has 0 saturated carbocycles. The van der Waals surface area contributed by atoms with Gasteiger partial charge in [0.15, 0.2) is 0 Å². The molecule has 2 N–H and O–H groups in total. The molecule has 0 aromatic heterocycles. The molecule has 2 aliphatic rings. The van der Waals surface area contributed by atoms with Crippen molar-refractivity contribution in [2.45, 2.75) is 45.3 Å². The van der Waals surface area contributed by atoms with Crippen LogP contribution in [0.3, 0.4) is 0 Å². The third-order valence-electron chi connectivity index (χ3n) is 8.53. The number of fused-ring (bicyclic) bond motifs is 2. The lowest BCUT2D eigenvalue weighted by Crippen LogP contribution is -2.54. The second-order valence-corrected chi connectivity index (χ2v) is 11.5. The summed E-state index contributed by atoms with van der Waals surface area (Å²) in [7, 11) is 0. The number of carbonyl (C=O) groups is 6. The minimum atomic E-state index is -1.07. The highest BCUT2D eigenvalue weighted by atomic mass is 16.2. The first-order chi connectivity index (χ1) is 22.2. The van der Waals surface area contributed by atoms with Gasteiger partial charge in [0.2, 0.25) is 17.7 Å². The molecule has 0 radical (unpaired) electrons. The van der Waals surface area contributed by atoms with Gasteiger partial charge < -0.3 is 10.2 Å². The normalized spacial score (nSPS) is 15.9. The molecule has 1 atom stereocenters. The second kappa shape index (κ2) is 12.8. The van der Waals surface area contributed by atoms with Gasteiger partial charge in [0, 0.05) is 38.5 Å². The Morgan fingerprint density at radius 3 is 2.35 bits per heavy atom. The van der Waals surface area contributed by atoms with Gasteiger partial charge in [-0.3, -0.25) is 39.0 Å². The van der Waals surface area contributed by atoms with Crippen LogP contribution in [0.5, 0.6) is 0 Å². The summed E-state index contributed by atoms with van der Waals surface area (Å²) in [6.07, 6.45) is 0.821. The molecule has 2 aliphatic heterocycles. The Morgan fingerprint density at radius 2 is 1.59 bits per heavy atom.